The molecule has 0 aliphatic rings. The van der Waals surface area contributed by atoms with Gasteiger partial charge in [0.15, 0.2) is 0 Å². The number of unbranched alkanes of at least 4 members (excludes halogenated alkanes) is 2. The van der Waals surface area contributed by atoms with E-state index in [2.05, 4.69) is 46.4 Å². The number of carbonyl (C=O) groups is 1. The lowest BCUT2D eigenvalue weighted by molar-refractivity contribution is -0.132. The molecule has 108 valence electrons. The minimum absolute atomic E-state index is 0.0828. The molecule has 0 aliphatic carbocycles. The third-order valence-electron chi connectivity index (χ3n) is 3.22. The fourth-order valence-corrected chi connectivity index (χ4v) is 1.63. The first-order valence-corrected chi connectivity index (χ1v) is 6.61. The van der Waals surface area contributed by atoms with Gasteiger partial charge in [0.25, 0.3) is 0 Å². The summed E-state index contributed by atoms with van der Waals surface area (Å²) in [4.78, 5) is 10.9. The summed E-state index contributed by atoms with van der Waals surface area (Å²) in [7, 11) is 0. The number of hydrogen-bond donors (Lipinski definition) is 1. The maximum absolute atomic E-state index is 10.9. The second kappa shape index (κ2) is 8.16. The van der Waals surface area contributed by atoms with Crippen LogP contribution in [-0.2, 0) is 4.79 Å². The van der Waals surface area contributed by atoms with E-state index >= 15 is 0 Å². The summed E-state index contributed by atoms with van der Waals surface area (Å²) >= 11 is 0. The quantitative estimate of drug-likeness (QED) is 0.345. The van der Waals surface area contributed by atoms with Gasteiger partial charge in [0, 0.05) is 0 Å². The summed E-state index contributed by atoms with van der Waals surface area (Å²) in [6.07, 6.45) is 4.19. The average molecular weight is 272 g/mol. The molecule has 0 saturated heterocycles. The molecule has 2 heteroatoms. The molecule has 0 heterocycles. The van der Waals surface area contributed by atoms with Crippen molar-refractivity contribution in [3.8, 4) is 0 Å². The van der Waals surface area contributed by atoms with Crippen molar-refractivity contribution in [3.63, 3.8) is 0 Å². The van der Waals surface area contributed by atoms with Crippen LogP contribution in [0.4, 0.5) is 0 Å². The molecule has 0 aromatic carbocycles. The van der Waals surface area contributed by atoms with E-state index in [1.807, 2.05) is 0 Å². The molecule has 0 fully saturated rings. The van der Waals surface area contributed by atoms with Gasteiger partial charge in [-0.25, -0.2) is 4.79 Å². The van der Waals surface area contributed by atoms with Crippen LogP contribution in [0.2, 0.25) is 0 Å². The van der Waals surface area contributed by atoms with Crippen LogP contribution >= 0.6 is 0 Å². The molecule has 0 aliphatic heterocycles. The van der Waals surface area contributed by atoms with Crippen molar-refractivity contribution >= 4 is 5.97 Å². The fraction of sp³-hybridized carbons (Fsp3) is 0.278. The largest absolute Gasteiger partial charge is 0.478 e. The standard InChI is InChI=1S/C18H24O2/c1-8-9-10-11-12(2)13(3)14(4)15(5)16(6)17(7)18(19)20/h2-11H2,1H3,(H,19,20). The summed E-state index contributed by atoms with van der Waals surface area (Å²) in [6.45, 7) is 25.0. The van der Waals surface area contributed by atoms with Crippen molar-refractivity contribution in [1.29, 1.82) is 0 Å². The van der Waals surface area contributed by atoms with E-state index in [0.717, 1.165) is 31.3 Å². The van der Waals surface area contributed by atoms with E-state index in [1.54, 1.807) is 0 Å². The maximum atomic E-state index is 10.9. The Morgan fingerprint density at radius 3 is 1.70 bits per heavy atom. The number of carboxylic acids is 1. The average Bonchev–Trinajstić information content (AvgIpc) is 2.43. The Hall–Kier alpha value is -2.09. The zero-order chi connectivity index (χ0) is 15.9. The highest BCUT2D eigenvalue weighted by Crippen LogP contribution is 2.29. The molecule has 0 spiro atoms. The zero-order valence-electron chi connectivity index (χ0n) is 12.4. The van der Waals surface area contributed by atoms with Gasteiger partial charge in [0.1, 0.15) is 0 Å². The molecule has 20 heavy (non-hydrogen) atoms. The summed E-state index contributed by atoms with van der Waals surface area (Å²) in [5.74, 6) is -1.11. The van der Waals surface area contributed by atoms with E-state index in [0.29, 0.717) is 16.7 Å². The molecule has 0 saturated carbocycles. The van der Waals surface area contributed by atoms with Crippen LogP contribution < -0.4 is 0 Å². The Labute approximate surface area is 122 Å². The first-order chi connectivity index (χ1) is 9.23. The van der Waals surface area contributed by atoms with Crippen LogP contribution in [0.3, 0.4) is 0 Å². The molecule has 0 radical (unpaired) electrons. The predicted octanol–water partition coefficient (Wildman–Crippen LogP) is 4.99. The summed E-state index contributed by atoms with van der Waals surface area (Å²) in [5, 5.41) is 8.90. The van der Waals surface area contributed by atoms with Gasteiger partial charge in [0.2, 0.25) is 0 Å². The Morgan fingerprint density at radius 1 is 0.800 bits per heavy atom. The van der Waals surface area contributed by atoms with Gasteiger partial charge in [-0.05, 0) is 40.7 Å². The van der Waals surface area contributed by atoms with Crippen molar-refractivity contribution in [2.45, 2.75) is 32.6 Å². The normalized spacial score (nSPS) is 9.65. The molecule has 0 bridgehead atoms. The molecule has 0 aromatic heterocycles. The number of rotatable bonds is 10. The summed E-state index contributed by atoms with van der Waals surface area (Å²) in [5.41, 5.74) is 2.80. The van der Waals surface area contributed by atoms with E-state index in [-0.39, 0.29) is 11.1 Å². The third-order valence-corrected chi connectivity index (χ3v) is 3.22. The van der Waals surface area contributed by atoms with Crippen LogP contribution in [0.1, 0.15) is 32.6 Å². The lowest BCUT2D eigenvalue weighted by Gasteiger charge is -2.16. The second-order valence-electron chi connectivity index (χ2n) is 4.76. The Morgan fingerprint density at radius 2 is 1.25 bits per heavy atom. The van der Waals surface area contributed by atoms with E-state index in [1.165, 1.54) is 0 Å². The number of allylic oxidation sites excluding steroid dienone is 4. The smallest absolute Gasteiger partial charge is 0.335 e. The first kappa shape index (κ1) is 17.9. The topological polar surface area (TPSA) is 37.3 Å². The number of carboxylic acid groups (broad SMARTS) is 1. The number of aliphatic carboxylic acids is 1. The third kappa shape index (κ3) is 4.88. The predicted molar refractivity (Wildman–Crippen MR) is 86.6 cm³/mol. The van der Waals surface area contributed by atoms with Crippen LogP contribution in [0, 0.1) is 0 Å². The second-order valence-corrected chi connectivity index (χ2v) is 4.76. The van der Waals surface area contributed by atoms with E-state index in [9.17, 15) is 4.79 Å². The van der Waals surface area contributed by atoms with Crippen molar-refractivity contribution in [1.82, 2.24) is 0 Å². The van der Waals surface area contributed by atoms with Crippen LogP contribution in [0.15, 0.2) is 72.9 Å². The molecule has 1 N–H and O–H groups in total. The maximum Gasteiger partial charge on any atom is 0.335 e. The SMILES string of the molecule is C=C(CCCCC)C(=C)C(=C)C(=C)C(=C)C(=C)C(=O)O. The van der Waals surface area contributed by atoms with Crippen molar-refractivity contribution in [3.05, 3.63) is 72.9 Å². The molecule has 0 atom stereocenters. The van der Waals surface area contributed by atoms with E-state index < -0.39 is 5.97 Å². The highest BCUT2D eigenvalue weighted by Gasteiger charge is 2.16. The van der Waals surface area contributed by atoms with Gasteiger partial charge < -0.3 is 5.11 Å². The van der Waals surface area contributed by atoms with E-state index in [4.69, 9.17) is 5.11 Å². The van der Waals surface area contributed by atoms with Gasteiger partial charge in [0.05, 0.1) is 5.57 Å². The minimum Gasteiger partial charge on any atom is -0.478 e. The van der Waals surface area contributed by atoms with Gasteiger partial charge >= 0.3 is 5.97 Å². The van der Waals surface area contributed by atoms with Crippen molar-refractivity contribution in [2.75, 3.05) is 0 Å². The minimum atomic E-state index is -1.11. The van der Waals surface area contributed by atoms with Crippen molar-refractivity contribution < 1.29 is 9.90 Å². The van der Waals surface area contributed by atoms with Crippen molar-refractivity contribution in [2.24, 2.45) is 0 Å². The van der Waals surface area contributed by atoms with Gasteiger partial charge in [-0.3, -0.25) is 0 Å². The highest BCUT2D eigenvalue weighted by atomic mass is 16.4. The van der Waals surface area contributed by atoms with Gasteiger partial charge in [-0.2, -0.15) is 0 Å². The lowest BCUT2D eigenvalue weighted by Crippen LogP contribution is -2.05. The molecule has 0 rings (SSSR count). The number of hydrogen-bond acceptors (Lipinski definition) is 1. The molecule has 0 amide bonds. The summed E-state index contributed by atoms with van der Waals surface area (Å²) < 4.78 is 0. The van der Waals surface area contributed by atoms with Gasteiger partial charge in [-0.1, -0.05) is 59.2 Å². The lowest BCUT2D eigenvalue weighted by atomic mass is 9.88. The fourth-order valence-electron chi connectivity index (χ4n) is 1.63. The van der Waals surface area contributed by atoms with Gasteiger partial charge in [-0.15, -0.1) is 0 Å². The molecule has 2 nitrogen and oxygen atoms in total. The molecular formula is C18H24O2. The molecule has 0 aromatic rings. The molecule has 0 unspecified atom stereocenters. The Bertz CT molecular complexity index is 490. The first-order valence-electron chi connectivity index (χ1n) is 6.61. The monoisotopic (exact) mass is 272 g/mol. The molecular weight excluding hydrogens is 248 g/mol. The summed E-state index contributed by atoms with van der Waals surface area (Å²) in [6, 6.07) is 0. The van der Waals surface area contributed by atoms with Crippen LogP contribution in [-0.4, -0.2) is 11.1 Å². The van der Waals surface area contributed by atoms with Crippen LogP contribution in [0.5, 0.6) is 0 Å². The Balaban J connectivity index is 4.74. The zero-order valence-corrected chi connectivity index (χ0v) is 12.4. The highest BCUT2D eigenvalue weighted by molar-refractivity contribution is 5.93. The van der Waals surface area contributed by atoms with Crippen LogP contribution in [0.25, 0.3) is 0 Å². The Kier molecular flexibility index (Phi) is 7.30.